The Balaban J connectivity index is 1.69. The molecule has 0 aliphatic rings. The van der Waals surface area contributed by atoms with E-state index in [2.05, 4.69) is 15.2 Å². The van der Waals surface area contributed by atoms with Gasteiger partial charge in [0.1, 0.15) is 0 Å². The number of aromatic nitrogens is 4. The zero-order chi connectivity index (χ0) is 21.1. The van der Waals surface area contributed by atoms with Crippen LogP contribution in [-0.4, -0.2) is 19.7 Å². The zero-order valence-corrected chi connectivity index (χ0v) is 16.8. The molecular weight excluding hydrogens is 409 g/mol. The van der Waals surface area contributed by atoms with E-state index in [0.717, 1.165) is 22.9 Å². The lowest BCUT2D eigenvalue weighted by atomic mass is 10.1. The van der Waals surface area contributed by atoms with Crippen molar-refractivity contribution in [3.63, 3.8) is 0 Å². The number of thioether (sulfide) groups is 1. The molecule has 30 heavy (non-hydrogen) atoms. The molecule has 0 atom stereocenters. The van der Waals surface area contributed by atoms with Gasteiger partial charge in [-0.15, -0.1) is 10.2 Å². The van der Waals surface area contributed by atoms with E-state index in [1.165, 1.54) is 23.9 Å². The Morgan fingerprint density at radius 3 is 2.47 bits per heavy atom. The number of benzene rings is 2. The van der Waals surface area contributed by atoms with Crippen LogP contribution in [0.4, 0.5) is 13.2 Å². The highest BCUT2D eigenvalue weighted by Gasteiger charge is 2.30. The van der Waals surface area contributed by atoms with Crippen molar-refractivity contribution < 1.29 is 13.2 Å². The third-order valence-corrected chi connectivity index (χ3v) is 5.47. The minimum Gasteiger partial charge on any atom is -0.270 e. The molecule has 2 aromatic heterocycles. The highest BCUT2D eigenvalue weighted by atomic mass is 32.2. The first-order valence-electron chi connectivity index (χ1n) is 9.13. The number of alkyl halides is 3. The number of rotatable bonds is 5. The second-order valence-corrected chi connectivity index (χ2v) is 7.65. The SMILES string of the molecule is Cc1ccc(-n2c(SCc3cccc(C(F)(F)F)c3)nnc2-c2cccnc2)cc1. The van der Waals surface area contributed by atoms with Gasteiger partial charge in [-0.2, -0.15) is 13.2 Å². The summed E-state index contributed by atoms with van der Waals surface area (Å²) in [5.41, 5.74) is 2.70. The summed E-state index contributed by atoms with van der Waals surface area (Å²) in [5.74, 6) is 0.958. The van der Waals surface area contributed by atoms with Crippen molar-refractivity contribution in [1.82, 2.24) is 19.7 Å². The first kappa shape index (κ1) is 20.2. The van der Waals surface area contributed by atoms with Gasteiger partial charge in [-0.3, -0.25) is 9.55 Å². The number of hydrogen-bond donors (Lipinski definition) is 0. The summed E-state index contributed by atoms with van der Waals surface area (Å²) in [6.07, 6.45) is -0.981. The fraction of sp³-hybridized carbons (Fsp3) is 0.136. The summed E-state index contributed by atoms with van der Waals surface area (Å²) < 4.78 is 40.9. The lowest BCUT2D eigenvalue weighted by Crippen LogP contribution is -2.05. The molecule has 2 heterocycles. The van der Waals surface area contributed by atoms with Crippen molar-refractivity contribution >= 4 is 11.8 Å². The molecule has 152 valence electrons. The molecule has 0 fully saturated rings. The van der Waals surface area contributed by atoms with Crippen LogP contribution in [0.1, 0.15) is 16.7 Å². The Labute approximate surface area is 175 Å². The van der Waals surface area contributed by atoms with Crippen LogP contribution in [0.3, 0.4) is 0 Å². The van der Waals surface area contributed by atoms with Gasteiger partial charge < -0.3 is 0 Å². The van der Waals surface area contributed by atoms with Crippen molar-refractivity contribution in [3.05, 3.63) is 89.7 Å². The van der Waals surface area contributed by atoms with E-state index in [4.69, 9.17) is 0 Å². The summed E-state index contributed by atoms with van der Waals surface area (Å²) in [5, 5.41) is 9.22. The topological polar surface area (TPSA) is 43.6 Å². The molecule has 4 aromatic rings. The second kappa shape index (κ2) is 8.31. The molecule has 0 saturated heterocycles. The van der Waals surface area contributed by atoms with Crippen molar-refractivity contribution in [3.8, 4) is 17.1 Å². The van der Waals surface area contributed by atoms with Gasteiger partial charge in [0, 0.05) is 29.4 Å². The van der Waals surface area contributed by atoms with Crippen LogP contribution in [0, 0.1) is 6.92 Å². The predicted octanol–water partition coefficient (Wildman–Crippen LogP) is 5.95. The Kier molecular flexibility index (Phi) is 5.59. The Hall–Kier alpha value is -3.13. The van der Waals surface area contributed by atoms with E-state index in [1.54, 1.807) is 18.5 Å². The van der Waals surface area contributed by atoms with Crippen molar-refractivity contribution in [2.45, 2.75) is 24.0 Å². The maximum Gasteiger partial charge on any atom is 0.416 e. The quantitative estimate of drug-likeness (QED) is 0.370. The molecule has 0 N–H and O–H groups in total. The van der Waals surface area contributed by atoms with Crippen LogP contribution in [0.15, 0.2) is 78.2 Å². The molecule has 0 radical (unpaired) electrons. The van der Waals surface area contributed by atoms with Crippen LogP contribution in [0.5, 0.6) is 0 Å². The van der Waals surface area contributed by atoms with E-state index in [-0.39, 0.29) is 0 Å². The smallest absolute Gasteiger partial charge is 0.270 e. The highest BCUT2D eigenvalue weighted by Crippen LogP contribution is 2.32. The van der Waals surface area contributed by atoms with Gasteiger partial charge in [0.25, 0.3) is 0 Å². The van der Waals surface area contributed by atoms with Crippen LogP contribution >= 0.6 is 11.8 Å². The fourth-order valence-corrected chi connectivity index (χ4v) is 3.85. The maximum atomic E-state index is 13.0. The molecule has 0 amide bonds. The van der Waals surface area contributed by atoms with Crippen LogP contribution in [0.2, 0.25) is 0 Å². The highest BCUT2D eigenvalue weighted by molar-refractivity contribution is 7.98. The predicted molar refractivity (Wildman–Crippen MR) is 110 cm³/mol. The monoisotopic (exact) mass is 426 g/mol. The average molecular weight is 426 g/mol. The molecule has 0 aliphatic heterocycles. The Morgan fingerprint density at radius 1 is 0.967 bits per heavy atom. The minimum atomic E-state index is -4.37. The molecule has 2 aromatic carbocycles. The molecule has 0 aliphatic carbocycles. The Morgan fingerprint density at radius 2 is 1.77 bits per heavy atom. The fourth-order valence-electron chi connectivity index (χ4n) is 2.96. The number of aryl methyl sites for hydroxylation is 1. The molecule has 0 saturated carbocycles. The van der Waals surface area contributed by atoms with Gasteiger partial charge in [-0.1, -0.05) is 47.7 Å². The van der Waals surface area contributed by atoms with Gasteiger partial charge >= 0.3 is 6.18 Å². The van der Waals surface area contributed by atoms with Crippen LogP contribution in [0.25, 0.3) is 17.1 Å². The maximum absolute atomic E-state index is 13.0. The lowest BCUT2D eigenvalue weighted by molar-refractivity contribution is -0.137. The van der Waals surface area contributed by atoms with Crippen molar-refractivity contribution in [2.75, 3.05) is 0 Å². The van der Waals surface area contributed by atoms with Crippen LogP contribution < -0.4 is 0 Å². The van der Waals surface area contributed by atoms with Gasteiger partial charge in [-0.05, 0) is 42.8 Å². The van der Waals surface area contributed by atoms with E-state index in [9.17, 15) is 13.2 Å². The standard InChI is InChI=1S/C22H17F3N4S/c1-15-7-9-19(10-8-15)29-20(17-5-3-11-26-13-17)27-28-21(29)30-14-16-4-2-6-18(12-16)22(23,24)25/h2-13H,14H2,1H3. The first-order chi connectivity index (χ1) is 14.4. The van der Waals surface area contributed by atoms with Gasteiger partial charge in [0.2, 0.25) is 0 Å². The molecular formula is C22H17F3N4S. The van der Waals surface area contributed by atoms with Gasteiger partial charge in [0.05, 0.1) is 5.56 Å². The van der Waals surface area contributed by atoms with Gasteiger partial charge in [-0.25, -0.2) is 0 Å². The largest absolute Gasteiger partial charge is 0.416 e. The zero-order valence-electron chi connectivity index (χ0n) is 16.0. The second-order valence-electron chi connectivity index (χ2n) is 6.71. The molecule has 4 nitrogen and oxygen atoms in total. The third-order valence-electron chi connectivity index (χ3n) is 4.47. The molecule has 0 unspecified atom stereocenters. The Bertz CT molecular complexity index is 1140. The van der Waals surface area contributed by atoms with Crippen LogP contribution in [-0.2, 0) is 11.9 Å². The summed E-state index contributed by atoms with van der Waals surface area (Å²) in [4.78, 5) is 4.15. The summed E-state index contributed by atoms with van der Waals surface area (Å²) in [6.45, 7) is 2.00. The number of nitrogens with zero attached hydrogens (tertiary/aromatic N) is 4. The molecule has 4 rings (SSSR count). The normalized spacial score (nSPS) is 11.6. The first-order valence-corrected chi connectivity index (χ1v) is 10.1. The van der Waals surface area contributed by atoms with Crippen molar-refractivity contribution in [2.24, 2.45) is 0 Å². The van der Waals surface area contributed by atoms with E-state index >= 15 is 0 Å². The minimum absolute atomic E-state index is 0.334. The average Bonchev–Trinajstić information content (AvgIpc) is 3.17. The number of pyridine rings is 1. The third kappa shape index (κ3) is 4.38. The lowest BCUT2D eigenvalue weighted by Gasteiger charge is -2.11. The molecule has 0 bridgehead atoms. The molecule has 0 spiro atoms. The van der Waals surface area contributed by atoms with E-state index in [1.807, 2.05) is 47.9 Å². The van der Waals surface area contributed by atoms with E-state index < -0.39 is 11.7 Å². The summed E-state index contributed by atoms with van der Waals surface area (Å²) in [7, 11) is 0. The van der Waals surface area contributed by atoms with E-state index in [0.29, 0.717) is 22.3 Å². The number of halogens is 3. The molecule has 8 heteroatoms. The van der Waals surface area contributed by atoms with Gasteiger partial charge in [0.15, 0.2) is 11.0 Å². The summed E-state index contributed by atoms with van der Waals surface area (Å²) >= 11 is 1.34. The van der Waals surface area contributed by atoms with Crippen molar-refractivity contribution in [1.29, 1.82) is 0 Å². The summed E-state index contributed by atoms with van der Waals surface area (Å²) in [6, 6.07) is 17.0. The number of hydrogen-bond acceptors (Lipinski definition) is 4.